The normalized spacial score (nSPS) is 20.2. The second kappa shape index (κ2) is 11.6. The van der Waals surface area contributed by atoms with E-state index in [2.05, 4.69) is 9.91 Å². The van der Waals surface area contributed by atoms with Gasteiger partial charge in [0.05, 0.1) is 17.5 Å². The van der Waals surface area contributed by atoms with Gasteiger partial charge in [0.1, 0.15) is 22.2 Å². The first-order chi connectivity index (χ1) is 20.0. The zero-order valence-corrected chi connectivity index (χ0v) is 22.7. The van der Waals surface area contributed by atoms with E-state index < -0.39 is 73.8 Å². The highest BCUT2D eigenvalue weighted by Gasteiger charge is 2.73. The van der Waals surface area contributed by atoms with Gasteiger partial charge >= 0.3 is 12.4 Å². The van der Waals surface area contributed by atoms with Crippen molar-refractivity contribution < 1.29 is 52.7 Å². The van der Waals surface area contributed by atoms with Gasteiger partial charge in [-0.05, 0) is 67.6 Å². The smallest absolute Gasteiger partial charge is 0.349 e. The Labute approximate surface area is 239 Å². The monoisotopic (exact) mass is 639 g/mol. The molecule has 0 spiro atoms. The minimum Gasteiger partial charge on any atom is -0.349 e. The van der Waals surface area contributed by atoms with E-state index >= 15 is 0 Å². The van der Waals surface area contributed by atoms with Crippen LogP contribution in [-0.4, -0.2) is 26.8 Å². The Bertz CT molecular complexity index is 1530. The van der Waals surface area contributed by atoms with Crippen LogP contribution in [0.25, 0.3) is 0 Å². The summed E-state index contributed by atoms with van der Waals surface area (Å²) in [5.74, 6) is -3.61. The third-order valence-corrected chi connectivity index (χ3v) is 10.2. The molecule has 3 aromatic rings. The molecule has 1 fully saturated rings. The molecule has 0 amide bonds. The fourth-order valence-electron chi connectivity index (χ4n) is 5.32. The lowest BCUT2D eigenvalue weighted by Crippen LogP contribution is -2.56. The second-order valence-electron chi connectivity index (χ2n) is 10.0. The quantitative estimate of drug-likeness (QED) is 0.142. The van der Waals surface area contributed by atoms with E-state index in [0.29, 0.717) is 24.3 Å². The zero-order chi connectivity index (χ0) is 31.8. The van der Waals surface area contributed by atoms with E-state index in [1.807, 2.05) is 0 Å². The minimum absolute atomic E-state index is 0.0575. The number of hydrogen-bond acceptors (Lipinski definition) is 5. The molecule has 0 aliphatic heterocycles. The molecule has 1 aliphatic rings. The Balaban J connectivity index is 1.84. The zero-order valence-electron chi connectivity index (χ0n) is 21.9. The molecule has 4 rings (SSSR count). The van der Waals surface area contributed by atoms with E-state index in [4.69, 9.17) is 0 Å². The number of sulfone groups is 1. The van der Waals surface area contributed by atoms with Crippen LogP contribution in [0.2, 0.25) is 0 Å². The van der Waals surface area contributed by atoms with Gasteiger partial charge in [-0.25, -0.2) is 21.6 Å². The molecule has 0 unspecified atom stereocenters. The summed E-state index contributed by atoms with van der Waals surface area (Å²) in [4.78, 5) is 10.7. The van der Waals surface area contributed by atoms with Crippen molar-refractivity contribution in [2.45, 2.75) is 65.9 Å². The van der Waals surface area contributed by atoms with Crippen LogP contribution in [0.3, 0.4) is 0 Å². The van der Waals surface area contributed by atoms with Gasteiger partial charge in [0.15, 0.2) is 9.84 Å². The van der Waals surface area contributed by atoms with Gasteiger partial charge in [-0.3, -0.25) is 0 Å². The SMILES string of the molecule is O=NC1CCC(c2ccc(C(OCc3c(F)cccc3F)(C(F)(F)F)C(F)(F)F)cc2)(S(=O)(=O)c2ccc(F)cc2)CC1. The van der Waals surface area contributed by atoms with Crippen LogP contribution < -0.4 is 0 Å². The van der Waals surface area contributed by atoms with Gasteiger partial charge in [0.2, 0.25) is 0 Å². The van der Waals surface area contributed by atoms with Crippen LogP contribution in [0.1, 0.15) is 42.4 Å². The Morgan fingerprint density at radius 1 is 0.791 bits per heavy atom. The number of nitroso groups, excluding NO2 is 1. The van der Waals surface area contributed by atoms with Crippen LogP contribution in [-0.2, 0) is 31.5 Å². The van der Waals surface area contributed by atoms with E-state index in [1.165, 1.54) is 0 Å². The van der Waals surface area contributed by atoms with Crippen molar-refractivity contribution in [3.63, 3.8) is 0 Å². The van der Waals surface area contributed by atoms with Gasteiger partial charge in [-0.2, -0.15) is 31.2 Å². The fraction of sp³-hybridized carbons (Fsp3) is 0.357. The summed E-state index contributed by atoms with van der Waals surface area (Å²) in [6.07, 6.45) is -13.0. The average molecular weight is 640 g/mol. The molecule has 0 saturated heterocycles. The first kappa shape index (κ1) is 32.5. The highest BCUT2D eigenvalue weighted by Crippen LogP contribution is 2.54. The van der Waals surface area contributed by atoms with Crippen LogP contribution in [0, 0.1) is 22.4 Å². The van der Waals surface area contributed by atoms with Crippen molar-refractivity contribution >= 4 is 9.84 Å². The molecule has 0 atom stereocenters. The van der Waals surface area contributed by atoms with Crippen LogP contribution in [0.5, 0.6) is 0 Å². The standard InChI is InChI=1S/C28H22F9NO4S/c29-19-8-10-21(11-9-19)43(40,41)25(14-12-20(38-39)13-15-25)17-4-6-18(7-5-17)26(27(32,33)34,28(35,36)37)42-16-22-23(30)2-1-3-24(22)31/h1-11,20H,12-16H2. The summed E-state index contributed by atoms with van der Waals surface area (Å²) >= 11 is 0. The predicted molar refractivity (Wildman–Crippen MR) is 135 cm³/mol. The summed E-state index contributed by atoms with van der Waals surface area (Å²) in [5.41, 5.74) is -7.94. The maximum Gasteiger partial charge on any atom is 0.430 e. The molecule has 0 aromatic heterocycles. The summed E-state index contributed by atoms with van der Waals surface area (Å²) in [6.45, 7) is -1.75. The molecule has 232 valence electrons. The van der Waals surface area contributed by atoms with Gasteiger partial charge in [0.25, 0.3) is 5.60 Å². The van der Waals surface area contributed by atoms with Crippen molar-refractivity contribution in [3.8, 4) is 0 Å². The topological polar surface area (TPSA) is 72.8 Å². The molecular weight excluding hydrogens is 617 g/mol. The molecule has 1 aliphatic carbocycles. The van der Waals surface area contributed by atoms with Crippen molar-refractivity contribution in [1.29, 1.82) is 0 Å². The number of halogens is 9. The molecule has 1 saturated carbocycles. The lowest BCUT2D eigenvalue weighted by Gasteiger charge is -2.40. The third kappa shape index (κ3) is 5.64. The number of nitrogens with zero attached hydrogens (tertiary/aromatic N) is 1. The summed E-state index contributed by atoms with van der Waals surface area (Å²) in [6, 6.07) is 7.36. The number of hydrogen-bond donors (Lipinski definition) is 0. The minimum atomic E-state index is -6.19. The highest BCUT2D eigenvalue weighted by atomic mass is 32.2. The molecular formula is C28H22F9NO4S. The van der Waals surface area contributed by atoms with Gasteiger partial charge in [-0.1, -0.05) is 35.5 Å². The van der Waals surface area contributed by atoms with Crippen LogP contribution in [0.4, 0.5) is 39.5 Å². The van der Waals surface area contributed by atoms with Gasteiger partial charge in [-0.15, -0.1) is 0 Å². The molecule has 0 radical (unpaired) electrons. The Kier molecular flexibility index (Phi) is 8.73. The van der Waals surface area contributed by atoms with Crippen molar-refractivity contribution in [2.75, 3.05) is 0 Å². The Morgan fingerprint density at radius 2 is 1.30 bits per heavy atom. The summed E-state index contributed by atoms with van der Waals surface area (Å²) in [5, 5.41) is 2.92. The first-order valence-electron chi connectivity index (χ1n) is 12.6. The highest BCUT2D eigenvalue weighted by molar-refractivity contribution is 7.92. The van der Waals surface area contributed by atoms with Crippen LogP contribution in [0.15, 0.2) is 76.8 Å². The summed E-state index contributed by atoms with van der Waals surface area (Å²) < 4.78 is 158. The average Bonchev–Trinajstić information content (AvgIpc) is 2.93. The predicted octanol–water partition coefficient (Wildman–Crippen LogP) is 8.02. The molecule has 3 aromatic carbocycles. The molecule has 15 heteroatoms. The van der Waals surface area contributed by atoms with E-state index in [-0.39, 0.29) is 36.1 Å². The second-order valence-corrected chi connectivity index (χ2v) is 12.3. The lowest BCUT2D eigenvalue weighted by molar-refractivity contribution is -0.392. The number of alkyl halides is 6. The summed E-state index contributed by atoms with van der Waals surface area (Å²) in [7, 11) is -4.46. The lowest BCUT2D eigenvalue weighted by atomic mass is 9.80. The van der Waals surface area contributed by atoms with Crippen LogP contribution >= 0.6 is 0 Å². The molecule has 0 heterocycles. The number of ether oxygens (including phenoxy) is 1. The van der Waals surface area contributed by atoms with Gasteiger partial charge in [0, 0.05) is 11.1 Å². The van der Waals surface area contributed by atoms with Crippen molar-refractivity contribution in [1.82, 2.24) is 0 Å². The Morgan fingerprint density at radius 3 is 1.77 bits per heavy atom. The molecule has 5 nitrogen and oxygen atoms in total. The fourth-order valence-corrected chi connectivity index (χ4v) is 7.49. The van der Waals surface area contributed by atoms with E-state index in [0.717, 1.165) is 42.5 Å². The van der Waals surface area contributed by atoms with Crippen molar-refractivity contribution in [3.05, 3.63) is 106 Å². The third-order valence-electron chi connectivity index (χ3n) is 7.66. The first-order valence-corrected chi connectivity index (χ1v) is 14.1. The maximum atomic E-state index is 14.3. The van der Waals surface area contributed by atoms with Gasteiger partial charge < -0.3 is 4.74 Å². The van der Waals surface area contributed by atoms with Crippen molar-refractivity contribution in [2.24, 2.45) is 5.18 Å². The number of benzene rings is 3. The molecule has 0 N–H and O–H groups in total. The molecule has 0 bridgehead atoms. The van der Waals surface area contributed by atoms with E-state index in [9.17, 15) is 52.8 Å². The Hall–Kier alpha value is -3.46. The largest absolute Gasteiger partial charge is 0.430 e. The number of rotatable bonds is 8. The van der Waals surface area contributed by atoms with E-state index in [1.54, 1.807) is 0 Å². The molecule has 43 heavy (non-hydrogen) atoms. The maximum absolute atomic E-state index is 14.3.